The first-order valence-corrected chi connectivity index (χ1v) is 18.1. The number of aliphatic hydroxyl groups excluding tert-OH is 1. The van der Waals surface area contributed by atoms with Gasteiger partial charge in [0.25, 0.3) is 0 Å². The fraction of sp³-hybridized carbons (Fsp3) is 0.471. The number of rotatable bonds is 15. The van der Waals surface area contributed by atoms with Crippen molar-refractivity contribution in [3.8, 4) is 6.07 Å². The third-order valence-corrected chi connectivity index (χ3v) is 10.7. The quantitative estimate of drug-likeness (QED) is 0.247. The lowest BCUT2D eigenvalue weighted by Crippen LogP contribution is -2.57. The fourth-order valence-corrected chi connectivity index (χ4v) is 8.07. The van der Waals surface area contributed by atoms with E-state index in [1.165, 1.54) is 39.9 Å². The molecule has 252 valence electrons. The van der Waals surface area contributed by atoms with Crippen molar-refractivity contribution in [2.75, 3.05) is 26.2 Å². The number of carbonyl (C=O) groups is 2. The van der Waals surface area contributed by atoms with E-state index in [4.69, 9.17) is 0 Å². The first kappa shape index (κ1) is 36.0. The van der Waals surface area contributed by atoms with Gasteiger partial charge in [-0.05, 0) is 48.9 Å². The molecule has 1 aromatic heterocycles. The van der Waals surface area contributed by atoms with E-state index in [0.717, 1.165) is 16.3 Å². The van der Waals surface area contributed by atoms with E-state index in [1.54, 1.807) is 9.80 Å². The topological polar surface area (TPSA) is 147 Å². The van der Waals surface area contributed by atoms with Crippen molar-refractivity contribution in [2.45, 2.75) is 70.7 Å². The highest BCUT2D eigenvalue weighted by atomic mass is 32.2. The molecule has 11 nitrogen and oxygen atoms in total. The molecule has 2 N–H and O–H groups in total. The van der Waals surface area contributed by atoms with Crippen LogP contribution < -0.4 is 5.32 Å². The summed E-state index contributed by atoms with van der Waals surface area (Å²) in [6.07, 6.45) is -1.06. The number of nitriles is 1. The van der Waals surface area contributed by atoms with Crippen molar-refractivity contribution in [1.82, 2.24) is 24.4 Å². The Bertz CT molecular complexity index is 1670. The molecule has 0 unspecified atom stereocenters. The lowest BCUT2D eigenvalue weighted by molar-refractivity contribution is -0.128. The van der Waals surface area contributed by atoms with Gasteiger partial charge in [-0.15, -0.1) is 11.3 Å². The average molecular weight is 681 g/mol. The summed E-state index contributed by atoms with van der Waals surface area (Å²) in [6.45, 7) is 10.4. The smallest absolute Gasteiger partial charge is 0.321 e. The molecule has 2 aromatic carbocycles. The van der Waals surface area contributed by atoms with E-state index >= 15 is 0 Å². The Morgan fingerprint density at radius 1 is 1.11 bits per heavy atom. The van der Waals surface area contributed by atoms with Gasteiger partial charge in [0.2, 0.25) is 15.9 Å². The van der Waals surface area contributed by atoms with E-state index < -0.39 is 34.1 Å². The van der Waals surface area contributed by atoms with Gasteiger partial charge in [0.1, 0.15) is 6.04 Å². The predicted molar refractivity (Wildman–Crippen MR) is 181 cm³/mol. The van der Waals surface area contributed by atoms with Crippen molar-refractivity contribution >= 4 is 33.3 Å². The summed E-state index contributed by atoms with van der Waals surface area (Å²) >= 11 is 1.52. The van der Waals surface area contributed by atoms with Crippen molar-refractivity contribution in [1.29, 1.82) is 5.26 Å². The first-order valence-electron chi connectivity index (χ1n) is 15.8. The predicted octanol–water partition coefficient (Wildman–Crippen LogP) is 4.02. The minimum Gasteiger partial charge on any atom is -0.390 e. The van der Waals surface area contributed by atoms with E-state index in [0.29, 0.717) is 19.6 Å². The number of benzene rings is 2. The summed E-state index contributed by atoms with van der Waals surface area (Å²) in [7, 11) is -4.09. The fourth-order valence-electron chi connectivity index (χ4n) is 5.80. The normalized spacial score (nSPS) is 15.7. The van der Waals surface area contributed by atoms with Crippen LogP contribution in [0, 0.1) is 30.1 Å². The Hall–Kier alpha value is -3.83. The van der Waals surface area contributed by atoms with Crippen molar-refractivity contribution in [2.24, 2.45) is 11.8 Å². The minimum absolute atomic E-state index is 0.0437. The van der Waals surface area contributed by atoms with Crippen molar-refractivity contribution in [3.05, 3.63) is 81.8 Å². The highest BCUT2D eigenvalue weighted by Crippen LogP contribution is 2.23. The highest BCUT2D eigenvalue weighted by Gasteiger charge is 2.40. The Kier molecular flexibility index (Phi) is 12.1. The molecule has 1 aliphatic heterocycles. The zero-order valence-electron chi connectivity index (χ0n) is 27.5. The zero-order chi connectivity index (χ0) is 34.3. The summed E-state index contributed by atoms with van der Waals surface area (Å²) in [4.78, 5) is 35.2. The summed E-state index contributed by atoms with van der Waals surface area (Å²) < 4.78 is 28.8. The number of hydrogen-bond donors (Lipinski definition) is 2. The Morgan fingerprint density at radius 3 is 2.45 bits per heavy atom. The van der Waals surface area contributed by atoms with Gasteiger partial charge in [-0.25, -0.2) is 18.2 Å². The van der Waals surface area contributed by atoms with Crippen LogP contribution in [0.5, 0.6) is 0 Å². The SMILES string of the molecule is Cc1nc(CN2CCN([C@H](C(=O)N[C@@H](Cc3ccccc3)[C@@H](O)CN(CC(C)C)S(=O)(=O)c3cccc(C#N)c3)C(C)C)C2=O)cs1. The summed E-state index contributed by atoms with van der Waals surface area (Å²) in [5, 5.41) is 26.9. The molecule has 13 heteroatoms. The van der Waals surface area contributed by atoms with Crippen LogP contribution in [-0.2, 0) is 27.8 Å². The molecule has 0 saturated carbocycles. The first-order chi connectivity index (χ1) is 22.3. The number of nitrogens with one attached hydrogen (secondary N) is 1. The van der Waals surface area contributed by atoms with Gasteiger partial charge < -0.3 is 20.2 Å². The van der Waals surface area contributed by atoms with Crippen LogP contribution in [0.1, 0.15) is 49.5 Å². The number of aliphatic hydroxyl groups is 1. The summed E-state index contributed by atoms with van der Waals surface area (Å²) in [6, 6.07) is 15.2. The number of sulfonamides is 1. The van der Waals surface area contributed by atoms with Gasteiger partial charge in [-0.1, -0.05) is 64.1 Å². The van der Waals surface area contributed by atoms with Crippen LogP contribution in [-0.4, -0.2) is 88.9 Å². The van der Waals surface area contributed by atoms with Crippen LogP contribution in [0.15, 0.2) is 64.9 Å². The third kappa shape index (κ3) is 9.16. The van der Waals surface area contributed by atoms with E-state index in [2.05, 4.69) is 10.3 Å². The number of thiazole rings is 1. The van der Waals surface area contributed by atoms with Crippen molar-refractivity contribution in [3.63, 3.8) is 0 Å². The second-order valence-corrected chi connectivity index (χ2v) is 15.7. The lowest BCUT2D eigenvalue weighted by Gasteiger charge is -2.34. The number of urea groups is 1. The molecule has 0 radical (unpaired) electrons. The van der Waals surface area contributed by atoms with Crippen LogP contribution >= 0.6 is 11.3 Å². The second kappa shape index (κ2) is 15.8. The van der Waals surface area contributed by atoms with Crippen LogP contribution in [0.4, 0.5) is 4.79 Å². The molecule has 47 heavy (non-hydrogen) atoms. The molecule has 0 aliphatic carbocycles. The number of aryl methyl sites for hydroxylation is 1. The Morgan fingerprint density at radius 2 is 1.83 bits per heavy atom. The van der Waals surface area contributed by atoms with Crippen LogP contribution in [0.25, 0.3) is 0 Å². The van der Waals surface area contributed by atoms with Gasteiger partial charge in [0.05, 0.1) is 45.9 Å². The average Bonchev–Trinajstić information content (AvgIpc) is 3.60. The summed E-state index contributed by atoms with van der Waals surface area (Å²) in [5.74, 6) is -0.722. The maximum atomic E-state index is 14.0. The molecule has 3 aromatic rings. The number of amides is 3. The number of carbonyl (C=O) groups excluding carboxylic acids is 2. The van der Waals surface area contributed by atoms with E-state index in [-0.39, 0.29) is 47.8 Å². The van der Waals surface area contributed by atoms with Crippen LogP contribution in [0.2, 0.25) is 0 Å². The second-order valence-electron chi connectivity index (χ2n) is 12.7. The Balaban J connectivity index is 1.58. The highest BCUT2D eigenvalue weighted by molar-refractivity contribution is 7.89. The van der Waals surface area contributed by atoms with Gasteiger partial charge in [-0.2, -0.15) is 9.57 Å². The van der Waals surface area contributed by atoms with E-state index in [9.17, 15) is 28.4 Å². The molecule has 2 heterocycles. The van der Waals surface area contributed by atoms with E-state index in [1.807, 2.05) is 76.4 Å². The molecule has 0 spiro atoms. The number of hydrogen-bond acceptors (Lipinski definition) is 8. The van der Waals surface area contributed by atoms with Gasteiger partial charge >= 0.3 is 6.03 Å². The van der Waals surface area contributed by atoms with Crippen molar-refractivity contribution < 1.29 is 23.1 Å². The molecular formula is C34H44N6O5S2. The molecule has 4 rings (SSSR count). The monoisotopic (exact) mass is 680 g/mol. The third-order valence-electron chi connectivity index (χ3n) is 8.03. The Labute approximate surface area is 281 Å². The molecule has 1 aliphatic rings. The van der Waals surface area contributed by atoms with Gasteiger partial charge in [0, 0.05) is 31.6 Å². The number of aromatic nitrogens is 1. The molecule has 3 amide bonds. The number of nitrogens with zero attached hydrogens (tertiary/aromatic N) is 5. The molecule has 0 bridgehead atoms. The molecule has 3 atom stereocenters. The van der Waals surface area contributed by atoms with Crippen LogP contribution in [0.3, 0.4) is 0 Å². The summed E-state index contributed by atoms with van der Waals surface area (Å²) in [5.41, 5.74) is 1.86. The molecule has 1 saturated heterocycles. The molecule has 1 fully saturated rings. The lowest BCUT2D eigenvalue weighted by atomic mass is 9.97. The largest absolute Gasteiger partial charge is 0.390 e. The van der Waals surface area contributed by atoms with Gasteiger partial charge in [0.15, 0.2) is 0 Å². The molecular weight excluding hydrogens is 637 g/mol. The maximum absolute atomic E-state index is 14.0. The minimum atomic E-state index is -4.09. The maximum Gasteiger partial charge on any atom is 0.321 e. The standard InChI is InChI=1S/C34H44N6O5S2/c1-23(2)19-39(47(44,45)29-13-9-12-27(16-29)18-35)21-31(41)30(17-26-10-7-6-8-11-26)37-33(42)32(24(3)4)40-15-14-38(34(40)43)20-28-22-46-25(5)36-28/h6-13,16,22-24,30-32,41H,14-15,17,19-21H2,1-5H3,(H,37,42)/t30-,31-,32-/m0/s1. The van der Waals surface area contributed by atoms with Gasteiger partial charge in [-0.3, -0.25) is 4.79 Å². The zero-order valence-corrected chi connectivity index (χ0v) is 29.2.